The SMILES string of the molecule is Oc1cccnc1N=CCN1CCN(c2cccc(Cl)c2Cl)CC1. The second kappa shape index (κ2) is 7.83. The van der Waals surface area contributed by atoms with Crippen molar-refractivity contribution in [2.45, 2.75) is 0 Å². The van der Waals surface area contributed by atoms with E-state index in [2.05, 4.69) is 19.8 Å². The van der Waals surface area contributed by atoms with Gasteiger partial charge in [-0.1, -0.05) is 29.3 Å². The fourth-order valence-electron chi connectivity index (χ4n) is 2.64. The molecule has 0 amide bonds. The van der Waals surface area contributed by atoms with Gasteiger partial charge >= 0.3 is 0 Å². The summed E-state index contributed by atoms with van der Waals surface area (Å²) in [4.78, 5) is 12.8. The zero-order valence-corrected chi connectivity index (χ0v) is 14.6. The number of aromatic hydroxyl groups is 1. The number of anilines is 1. The van der Waals surface area contributed by atoms with Crippen LogP contribution >= 0.6 is 23.2 Å². The lowest BCUT2D eigenvalue weighted by Gasteiger charge is -2.36. The number of benzene rings is 1. The van der Waals surface area contributed by atoms with Gasteiger partial charge in [-0.2, -0.15) is 0 Å². The molecule has 5 nitrogen and oxygen atoms in total. The predicted molar refractivity (Wildman–Crippen MR) is 99.2 cm³/mol. The smallest absolute Gasteiger partial charge is 0.194 e. The number of hydrogen-bond donors (Lipinski definition) is 1. The van der Waals surface area contributed by atoms with Crippen molar-refractivity contribution >= 4 is 40.9 Å². The van der Waals surface area contributed by atoms with E-state index in [4.69, 9.17) is 23.2 Å². The number of hydrogen-bond acceptors (Lipinski definition) is 5. The molecule has 126 valence electrons. The van der Waals surface area contributed by atoms with Gasteiger partial charge in [0, 0.05) is 45.1 Å². The average Bonchev–Trinajstić information content (AvgIpc) is 2.60. The number of nitrogens with zero attached hydrogens (tertiary/aromatic N) is 4. The van der Waals surface area contributed by atoms with Crippen molar-refractivity contribution in [1.82, 2.24) is 9.88 Å². The van der Waals surface area contributed by atoms with E-state index in [1.165, 1.54) is 0 Å². The first-order valence-electron chi connectivity index (χ1n) is 7.73. The molecule has 0 bridgehead atoms. The summed E-state index contributed by atoms with van der Waals surface area (Å²) in [5.41, 5.74) is 0.982. The van der Waals surface area contributed by atoms with Crippen LogP contribution in [-0.4, -0.2) is 53.9 Å². The number of aliphatic imine (C=N–C) groups is 1. The third-order valence-electron chi connectivity index (χ3n) is 3.96. The van der Waals surface area contributed by atoms with E-state index < -0.39 is 0 Å². The third kappa shape index (κ3) is 3.98. The average molecular weight is 365 g/mol. The maximum Gasteiger partial charge on any atom is 0.194 e. The second-order valence-corrected chi connectivity index (χ2v) is 6.30. The molecule has 24 heavy (non-hydrogen) atoms. The molecule has 1 fully saturated rings. The first-order chi connectivity index (χ1) is 11.6. The Kier molecular flexibility index (Phi) is 5.56. The van der Waals surface area contributed by atoms with Crippen LogP contribution in [-0.2, 0) is 0 Å². The van der Waals surface area contributed by atoms with Crippen LogP contribution in [0.15, 0.2) is 41.5 Å². The zero-order chi connectivity index (χ0) is 16.9. The van der Waals surface area contributed by atoms with E-state index in [1.807, 2.05) is 12.1 Å². The number of pyridine rings is 1. The molecule has 0 aliphatic carbocycles. The minimum atomic E-state index is 0.0918. The molecule has 0 atom stereocenters. The minimum absolute atomic E-state index is 0.0918. The van der Waals surface area contributed by atoms with Crippen LogP contribution in [0.5, 0.6) is 5.75 Å². The molecule has 7 heteroatoms. The van der Waals surface area contributed by atoms with Gasteiger partial charge in [0.15, 0.2) is 11.6 Å². The summed E-state index contributed by atoms with van der Waals surface area (Å²) in [7, 11) is 0. The lowest BCUT2D eigenvalue weighted by molar-refractivity contribution is 0.294. The van der Waals surface area contributed by atoms with Crippen molar-refractivity contribution in [3.63, 3.8) is 0 Å². The molecule has 1 N–H and O–H groups in total. The van der Waals surface area contributed by atoms with Crippen molar-refractivity contribution in [2.24, 2.45) is 4.99 Å². The van der Waals surface area contributed by atoms with Gasteiger partial charge in [0.1, 0.15) is 0 Å². The van der Waals surface area contributed by atoms with E-state index >= 15 is 0 Å². The largest absolute Gasteiger partial charge is 0.504 e. The van der Waals surface area contributed by atoms with Gasteiger partial charge in [0.25, 0.3) is 0 Å². The zero-order valence-electron chi connectivity index (χ0n) is 13.1. The number of rotatable bonds is 4. The van der Waals surface area contributed by atoms with Crippen LogP contribution in [0.4, 0.5) is 11.5 Å². The van der Waals surface area contributed by atoms with Gasteiger partial charge in [-0.25, -0.2) is 9.98 Å². The Morgan fingerprint density at radius 3 is 2.67 bits per heavy atom. The Labute approximate surface area is 151 Å². The Morgan fingerprint density at radius 1 is 1.12 bits per heavy atom. The standard InChI is InChI=1S/C17H18Cl2N4O/c18-13-3-1-4-14(16(13)19)23-11-9-22(10-12-23)8-7-21-17-15(24)5-2-6-20-17/h1-7,24H,8-12H2. The summed E-state index contributed by atoms with van der Waals surface area (Å²) < 4.78 is 0. The highest BCUT2D eigenvalue weighted by Crippen LogP contribution is 2.32. The van der Waals surface area contributed by atoms with Crippen LogP contribution in [0.25, 0.3) is 0 Å². The topological polar surface area (TPSA) is 52.0 Å². The number of halogens is 2. The van der Waals surface area contributed by atoms with E-state index in [-0.39, 0.29) is 5.75 Å². The fraction of sp³-hybridized carbons (Fsp3) is 0.294. The molecule has 1 aromatic heterocycles. The lowest BCUT2D eigenvalue weighted by Crippen LogP contribution is -2.47. The van der Waals surface area contributed by atoms with Crippen molar-refractivity contribution in [1.29, 1.82) is 0 Å². The second-order valence-electron chi connectivity index (χ2n) is 5.52. The summed E-state index contributed by atoms with van der Waals surface area (Å²) in [6.45, 7) is 4.28. The molecule has 0 saturated carbocycles. The van der Waals surface area contributed by atoms with Crippen LogP contribution in [0, 0.1) is 0 Å². The molecular formula is C17H18Cl2N4O. The molecule has 0 spiro atoms. The highest BCUT2D eigenvalue weighted by molar-refractivity contribution is 6.43. The highest BCUT2D eigenvalue weighted by Gasteiger charge is 2.19. The molecule has 1 aliphatic heterocycles. The minimum Gasteiger partial charge on any atom is -0.504 e. The van der Waals surface area contributed by atoms with Crippen molar-refractivity contribution < 1.29 is 5.11 Å². The fourth-order valence-corrected chi connectivity index (χ4v) is 3.05. The van der Waals surface area contributed by atoms with Crippen molar-refractivity contribution in [2.75, 3.05) is 37.6 Å². The third-order valence-corrected chi connectivity index (χ3v) is 4.77. The molecule has 0 unspecified atom stereocenters. The quantitative estimate of drug-likeness (QED) is 0.841. The summed E-state index contributed by atoms with van der Waals surface area (Å²) in [6, 6.07) is 8.96. The van der Waals surface area contributed by atoms with Gasteiger partial charge in [-0.15, -0.1) is 0 Å². The highest BCUT2D eigenvalue weighted by atomic mass is 35.5. The molecule has 1 aliphatic rings. The monoisotopic (exact) mass is 364 g/mol. The molecular weight excluding hydrogens is 347 g/mol. The molecule has 1 aromatic carbocycles. The molecule has 1 saturated heterocycles. The normalized spacial score (nSPS) is 16.0. The van der Waals surface area contributed by atoms with E-state index in [0.717, 1.165) is 31.9 Å². The summed E-state index contributed by atoms with van der Waals surface area (Å²) in [5.74, 6) is 0.441. The van der Waals surface area contributed by atoms with Crippen LogP contribution in [0.1, 0.15) is 0 Å². The van der Waals surface area contributed by atoms with Gasteiger partial charge in [-0.05, 0) is 24.3 Å². The van der Waals surface area contributed by atoms with Crippen molar-refractivity contribution in [3.8, 4) is 5.75 Å². The van der Waals surface area contributed by atoms with Crippen LogP contribution in [0.2, 0.25) is 10.0 Å². The first kappa shape index (κ1) is 17.0. The predicted octanol–water partition coefficient (Wildman–Crippen LogP) is 3.62. The Morgan fingerprint density at radius 2 is 1.92 bits per heavy atom. The van der Waals surface area contributed by atoms with Crippen LogP contribution in [0.3, 0.4) is 0 Å². The number of aromatic nitrogens is 1. The molecule has 2 heterocycles. The lowest BCUT2D eigenvalue weighted by atomic mass is 10.2. The summed E-state index contributed by atoms with van der Waals surface area (Å²) in [6.07, 6.45) is 3.39. The Bertz CT molecular complexity index is 730. The van der Waals surface area contributed by atoms with Crippen LogP contribution < -0.4 is 4.90 Å². The Balaban J connectivity index is 1.54. The van der Waals surface area contributed by atoms with E-state index in [9.17, 15) is 5.11 Å². The summed E-state index contributed by atoms with van der Waals surface area (Å²) in [5, 5.41) is 10.8. The molecule has 0 radical (unpaired) electrons. The van der Waals surface area contributed by atoms with E-state index in [1.54, 1.807) is 30.6 Å². The molecule has 2 aromatic rings. The molecule has 3 rings (SSSR count). The van der Waals surface area contributed by atoms with Gasteiger partial charge in [0.05, 0.1) is 15.7 Å². The first-order valence-corrected chi connectivity index (χ1v) is 8.48. The van der Waals surface area contributed by atoms with Crippen molar-refractivity contribution in [3.05, 3.63) is 46.6 Å². The van der Waals surface area contributed by atoms with Gasteiger partial charge in [0.2, 0.25) is 0 Å². The van der Waals surface area contributed by atoms with E-state index in [0.29, 0.717) is 22.4 Å². The summed E-state index contributed by atoms with van der Waals surface area (Å²) >= 11 is 12.4. The van der Waals surface area contributed by atoms with Gasteiger partial charge in [-0.3, -0.25) is 4.90 Å². The van der Waals surface area contributed by atoms with Gasteiger partial charge < -0.3 is 10.0 Å². The maximum absolute atomic E-state index is 9.64. The maximum atomic E-state index is 9.64. The number of piperazine rings is 1. The Hall–Kier alpha value is -1.82.